The maximum Gasteiger partial charge on any atom is 0.189 e. The van der Waals surface area contributed by atoms with Gasteiger partial charge in [0.15, 0.2) is 11.3 Å². The van der Waals surface area contributed by atoms with E-state index in [1.807, 2.05) is 0 Å². The van der Waals surface area contributed by atoms with Gasteiger partial charge in [-0.2, -0.15) is 0 Å². The molecule has 92 valence electrons. The number of ketones is 1. The third-order valence-electron chi connectivity index (χ3n) is 4.00. The van der Waals surface area contributed by atoms with Crippen LogP contribution < -0.4 is 10.6 Å². The molecular formula is C12H23N2OS+. The highest BCUT2D eigenvalue weighted by Gasteiger charge is 2.31. The number of carbonyl (C=O) groups is 1. The molecule has 1 saturated carbocycles. The van der Waals surface area contributed by atoms with Gasteiger partial charge < -0.3 is 4.90 Å². The van der Waals surface area contributed by atoms with Crippen LogP contribution >= 0.6 is 11.8 Å². The number of hydrogen-bond acceptors (Lipinski definition) is 3. The van der Waals surface area contributed by atoms with E-state index in [4.69, 9.17) is 5.73 Å². The third-order valence-corrected chi connectivity index (χ3v) is 5.13. The van der Waals surface area contributed by atoms with Crippen LogP contribution in [0.25, 0.3) is 0 Å². The molecule has 3 N–H and O–H groups in total. The Bertz CT molecular complexity index is 251. The van der Waals surface area contributed by atoms with Crippen molar-refractivity contribution >= 4 is 17.5 Å². The molecule has 2 aliphatic rings. The van der Waals surface area contributed by atoms with Crippen LogP contribution in [0.2, 0.25) is 0 Å². The number of nitrogens with one attached hydrogen (secondary N) is 1. The topological polar surface area (TPSA) is 47.5 Å². The van der Waals surface area contributed by atoms with Crippen LogP contribution in [0.15, 0.2) is 0 Å². The molecule has 1 aliphatic heterocycles. The maximum absolute atomic E-state index is 12.1. The van der Waals surface area contributed by atoms with Gasteiger partial charge in [0.1, 0.15) is 6.54 Å². The van der Waals surface area contributed by atoms with Crippen LogP contribution in [0.3, 0.4) is 0 Å². The average Bonchev–Trinajstić information content (AvgIpc) is 2.65. The van der Waals surface area contributed by atoms with Crippen molar-refractivity contribution in [2.24, 2.45) is 17.6 Å². The lowest BCUT2D eigenvalue weighted by Gasteiger charge is -2.26. The smallest absolute Gasteiger partial charge is 0.189 e. The summed E-state index contributed by atoms with van der Waals surface area (Å²) in [5, 5.41) is 0. The largest absolute Gasteiger partial charge is 0.305 e. The van der Waals surface area contributed by atoms with Crippen molar-refractivity contribution in [3.63, 3.8) is 0 Å². The van der Waals surface area contributed by atoms with Crippen molar-refractivity contribution in [1.82, 2.24) is 0 Å². The van der Waals surface area contributed by atoms with E-state index in [9.17, 15) is 4.79 Å². The Kier molecular flexibility index (Phi) is 4.27. The van der Waals surface area contributed by atoms with Gasteiger partial charge >= 0.3 is 0 Å². The van der Waals surface area contributed by atoms with Gasteiger partial charge in [-0.1, -0.05) is 31.5 Å². The molecule has 0 spiro atoms. The minimum atomic E-state index is 0.131. The normalized spacial score (nSPS) is 39.9. The number of hydrogen-bond donors (Lipinski definition) is 2. The molecule has 0 aromatic rings. The minimum Gasteiger partial charge on any atom is -0.305 e. The molecule has 2 rings (SSSR count). The van der Waals surface area contributed by atoms with Crippen LogP contribution in [0.1, 0.15) is 32.6 Å². The number of nitrogens with two attached hydrogens (primary N) is 1. The van der Waals surface area contributed by atoms with Crippen molar-refractivity contribution in [3.8, 4) is 0 Å². The molecule has 2 fully saturated rings. The second-order valence-corrected chi connectivity index (χ2v) is 6.55. The molecule has 3 nitrogen and oxygen atoms in total. The Morgan fingerprint density at radius 3 is 2.62 bits per heavy atom. The molecule has 0 bridgehead atoms. The van der Waals surface area contributed by atoms with Crippen LogP contribution in [-0.4, -0.2) is 30.1 Å². The third kappa shape index (κ3) is 2.99. The minimum absolute atomic E-state index is 0.131. The lowest BCUT2D eigenvalue weighted by Crippen LogP contribution is -3.16. The van der Waals surface area contributed by atoms with E-state index in [-0.39, 0.29) is 5.50 Å². The first-order valence-electron chi connectivity index (χ1n) is 6.41. The van der Waals surface area contributed by atoms with E-state index in [1.165, 1.54) is 17.7 Å². The van der Waals surface area contributed by atoms with E-state index in [0.29, 0.717) is 18.2 Å². The first kappa shape index (κ1) is 12.4. The lowest BCUT2D eigenvalue weighted by molar-refractivity contribution is -0.894. The Hall–Kier alpha value is -0.0600. The Morgan fingerprint density at radius 1 is 1.38 bits per heavy atom. The fourth-order valence-corrected chi connectivity index (χ4v) is 3.79. The number of carbonyl (C=O) groups excluding carboxylic acids is 1. The van der Waals surface area contributed by atoms with Crippen LogP contribution in [0.5, 0.6) is 0 Å². The first-order valence-corrected chi connectivity index (χ1v) is 7.46. The highest BCUT2D eigenvalue weighted by molar-refractivity contribution is 7.99. The summed E-state index contributed by atoms with van der Waals surface area (Å²) in [5.41, 5.74) is 6.08. The summed E-state index contributed by atoms with van der Waals surface area (Å²) in [5.74, 6) is 2.72. The molecule has 2 atom stereocenters. The standard InChI is InChI=1S/C12H22N2OS/c1-9-2-4-10(5-3-9)11(15)8-14-6-7-16-12(14)13/h9-10,12H,2-8,13H2,1H3/p+1. The SMILES string of the molecule is CC1CCC(C(=O)C[NH+]2CCSC2N)CC1. The fourth-order valence-electron chi connectivity index (χ4n) is 2.72. The molecule has 1 aliphatic carbocycles. The molecule has 0 radical (unpaired) electrons. The predicted molar refractivity (Wildman–Crippen MR) is 67.3 cm³/mol. The summed E-state index contributed by atoms with van der Waals surface area (Å²) < 4.78 is 0. The van der Waals surface area contributed by atoms with E-state index in [2.05, 4.69) is 6.92 Å². The Labute approximate surface area is 102 Å². The Morgan fingerprint density at radius 2 is 2.06 bits per heavy atom. The van der Waals surface area contributed by atoms with E-state index >= 15 is 0 Å². The quantitative estimate of drug-likeness (QED) is 0.747. The first-order chi connectivity index (χ1) is 7.66. The molecule has 16 heavy (non-hydrogen) atoms. The molecule has 0 aromatic carbocycles. The predicted octanol–water partition coefficient (Wildman–Crippen LogP) is 0.256. The van der Waals surface area contributed by atoms with Gasteiger partial charge in [0, 0.05) is 11.7 Å². The monoisotopic (exact) mass is 243 g/mol. The van der Waals surface area contributed by atoms with E-state index in [0.717, 1.165) is 31.1 Å². The van der Waals surface area contributed by atoms with Crippen LogP contribution in [0.4, 0.5) is 0 Å². The van der Waals surface area contributed by atoms with Gasteiger partial charge in [-0.05, 0) is 18.8 Å². The summed E-state index contributed by atoms with van der Waals surface area (Å²) in [6.45, 7) is 4.01. The summed E-state index contributed by atoms with van der Waals surface area (Å²) in [7, 11) is 0. The second kappa shape index (κ2) is 5.52. The molecule has 0 aromatic heterocycles. The van der Waals surface area contributed by atoms with Gasteiger partial charge in [0.05, 0.1) is 6.54 Å². The maximum atomic E-state index is 12.1. The van der Waals surface area contributed by atoms with Crippen molar-refractivity contribution in [1.29, 1.82) is 0 Å². The van der Waals surface area contributed by atoms with Gasteiger partial charge in [-0.25, -0.2) is 0 Å². The van der Waals surface area contributed by atoms with Crippen molar-refractivity contribution in [2.75, 3.05) is 18.8 Å². The van der Waals surface area contributed by atoms with Crippen molar-refractivity contribution < 1.29 is 9.69 Å². The number of Topliss-reactive ketones (excluding diaryl/α,β-unsaturated/α-hetero) is 1. The zero-order valence-corrected chi connectivity index (χ0v) is 10.9. The van der Waals surface area contributed by atoms with Crippen molar-refractivity contribution in [3.05, 3.63) is 0 Å². The molecule has 2 unspecified atom stereocenters. The van der Waals surface area contributed by atoms with Gasteiger partial charge in [-0.15, -0.1) is 0 Å². The van der Waals surface area contributed by atoms with Gasteiger partial charge in [0.25, 0.3) is 0 Å². The summed E-state index contributed by atoms with van der Waals surface area (Å²) >= 11 is 1.78. The second-order valence-electron chi connectivity index (χ2n) is 5.30. The summed E-state index contributed by atoms with van der Waals surface area (Å²) in [6, 6.07) is 0. The zero-order valence-electron chi connectivity index (χ0n) is 10.1. The average molecular weight is 243 g/mol. The molecule has 1 saturated heterocycles. The number of rotatable bonds is 3. The molecule has 4 heteroatoms. The number of thioether (sulfide) groups is 1. The van der Waals surface area contributed by atoms with Crippen molar-refractivity contribution in [2.45, 2.75) is 38.1 Å². The Balaban J connectivity index is 1.79. The molecular weight excluding hydrogens is 220 g/mol. The van der Waals surface area contributed by atoms with Gasteiger partial charge in [0.2, 0.25) is 0 Å². The molecule has 1 heterocycles. The zero-order chi connectivity index (χ0) is 11.5. The number of quaternary nitrogens is 1. The van der Waals surface area contributed by atoms with Gasteiger partial charge in [-0.3, -0.25) is 10.5 Å². The summed E-state index contributed by atoms with van der Waals surface area (Å²) in [4.78, 5) is 13.4. The van der Waals surface area contributed by atoms with E-state index < -0.39 is 0 Å². The highest BCUT2D eigenvalue weighted by Crippen LogP contribution is 2.28. The fraction of sp³-hybridized carbons (Fsp3) is 0.917. The van der Waals surface area contributed by atoms with Crippen LogP contribution in [0, 0.1) is 11.8 Å². The highest BCUT2D eigenvalue weighted by atomic mass is 32.2. The summed E-state index contributed by atoms with van der Waals surface area (Å²) in [6.07, 6.45) is 4.67. The van der Waals surface area contributed by atoms with E-state index in [1.54, 1.807) is 11.8 Å². The molecule has 0 amide bonds. The lowest BCUT2D eigenvalue weighted by atomic mass is 9.81. The van der Waals surface area contributed by atoms with Crippen LogP contribution in [-0.2, 0) is 4.79 Å².